The molecule has 0 unspecified atom stereocenters. The third-order valence-electron chi connectivity index (χ3n) is 2.14. The van der Waals surface area contributed by atoms with Crippen LogP contribution in [0, 0.1) is 0 Å². The summed E-state index contributed by atoms with van der Waals surface area (Å²) < 4.78 is -2.17. The van der Waals surface area contributed by atoms with Crippen LogP contribution >= 0.6 is 46.4 Å². The van der Waals surface area contributed by atoms with E-state index in [9.17, 15) is 9.59 Å². The summed E-state index contributed by atoms with van der Waals surface area (Å²) in [5.41, 5.74) is 0.278. The fourth-order valence-corrected chi connectivity index (χ4v) is 2.03. The van der Waals surface area contributed by atoms with Crippen LogP contribution in [0.1, 0.15) is 10.4 Å². The summed E-state index contributed by atoms with van der Waals surface area (Å²) in [5, 5.41) is 2.59. The van der Waals surface area contributed by atoms with Gasteiger partial charge in [0.25, 0.3) is 10.2 Å². The molecule has 0 saturated heterocycles. The van der Waals surface area contributed by atoms with Crippen LogP contribution in [0.25, 0.3) is 0 Å². The van der Waals surface area contributed by atoms with Crippen LogP contribution in [-0.4, -0.2) is 16.0 Å². The van der Waals surface area contributed by atoms with Crippen LogP contribution in [0.5, 0.6) is 0 Å². The standard InChI is InChI=1S/C9H3Cl4NO2/c10-3-1-2-4-5(6(3)11)7(15)9(12,13)8(16)14-4/h1-2H,(H,14,16). The first-order chi connectivity index (χ1) is 7.35. The number of alkyl halides is 2. The lowest BCUT2D eigenvalue weighted by atomic mass is 10.0. The number of carbonyl (C=O) groups is 2. The lowest BCUT2D eigenvalue weighted by Gasteiger charge is -2.26. The van der Waals surface area contributed by atoms with Crippen molar-refractivity contribution in [2.45, 2.75) is 4.33 Å². The van der Waals surface area contributed by atoms with Gasteiger partial charge in [0.2, 0.25) is 5.78 Å². The van der Waals surface area contributed by atoms with Crippen LogP contribution in [0.2, 0.25) is 10.0 Å². The average Bonchev–Trinajstić information content (AvgIpc) is 2.21. The molecule has 0 saturated carbocycles. The van der Waals surface area contributed by atoms with Gasteiger partial charge in [-0.1, -0.05) is 46.4 Å². The summed E-state index contributed by atoms with van der Waals surface area (Å²) >= 11 is 22.9. The molecule has 1 N–H and O–H groups in total. The zero-order valence-corrected chi connectivity index (χ0v) is 10.5. The second kappa shape index (κ2) is 3.77. The molecule has 1 aliphatic heterocycles. The molecule has 0 bridgehead atoms. The summed E-state index contributed by atoms with van der Waals surface area (Å²) in [6.45, 7) is 0. The molecule has 1 heterocycles. The first-order valence-electron chi connectivity index (χ1n) is 4.07. The van der Waals surface area contributed by atoms with Gasteiger partial charge in [-0.25, -0.2) is 0 Å². The van der Waals surface area contributed by atoms with Gasteiger partial charge < -0.3 is 5.32 Å². The van der Waals surface area contributed by atoms with Gasteiger partial charge in [0.15, 0.2) is 0 Å². The van der Waals surface area contributed by atoms with Crippen molar-refractivity contribution in [2.24, 2.45) is 0 Å². The van der Waals surface area contributed by atoms with Crippen molar-refractivity contribution < 1.29 is 9.59 Å². The quantitative estimate of drug-likeness (QED) is 0.590. The molecular formula is C9H3Cl4NO2. The molecule has 0 aliphatic carbocycles. The van der Waals surface area contributed by atoms with Gasteiger partial charge in [-0.05, 0) is 12.1 Å². The lowest BCUT2D eigenvalue weighted by molar-refractivity contribution is -0.116. The number of Topliss-reactive ketones (excluding diaryl/α,β-unsaturated/α-hetero) is 1. The van der Waals surface area contributed by atoms with Crippen molar-refractivity contribution in [1.29, 1.82) is 0 Å². The van der Waals surface area contributed by atoms with Gasteiger partial charge in [-0.3, -0.25) is 9.59 Å². The molecule has 0 aromatic heterocycles. The molecule has 0 radical (unpaired) electrons. The highest BCUT2D eigenvalue weighted by Crippen LogP contribution is 2.41. The number of hydrogen-bond donors (Lipinski definition) is 1. The Balaban J connectivity index is 2.71. The monoisotopic (exact) mass is 297 g/mol. The maximum atomic E-state index is 11.9. The molecule has 1 aliphatic rings. The minimum atomic E-state index is -2.17. The Kier molecular flexibility index (Phi) is 2.83. The van der Waals surface area contributed by atoms with E-state index in [-0.39, 0.29) is 21.3 Å². The molecule has 3 nitrogen and oxygen atoms in total. The number of rotatable bonds is 0. The molecule has 1 aromatic rings. The first kappa shape index (κ1) is 12.0. The number of nitrogens with one attached hydrogen (secondary N) is 1. The average molecular weight is 299 g/mol. The summed E-state index contributed by atoms with van der Waals surface area (Å²) in [5.74, 6) is -1.58. The molecule has 84 valence electrons. The van der Waals surface area contributed by atoms with Crippen LogP contribution in [0.3, 0.4) is 0 Å². The molecule has 1 aromatic carbocycles. The van der Waals surface area contributed by atoms with Gasteiger partial charge in [-0.2, -0.15) is 0 Å². The molecule has 0 fully saturated rings. The Morgan fingerprint density at radius 1 is 1.12 bits per heavy atom. The topological polar surface area (TPSA) is 46.2 Å². The van der Waals surface area contributed by atoms with Crippen molar-refractivity contribution in [2.75, 3.05) is 5.32 Å². The number of benzene rings is 1. The van der Waals surface area contributed by atoms with Crippen molar-refractivity contribution in [3.05, 3.63) is 27.7 Å². The fraction of sp³-hybridized carbons (Fsp3) is 0.111. The van der Waals surface area contributed by atoms with Crippen molar-refractivity contribution in [1.82, 2.24) is 0 Å². The van der Waals surface area contributed by atoms with Gasteiger partial charge in [0, 0.05) is 0 Å². The van der Waals surface area contributed by atoms with E-state index in [2.05, 4.69) is 5.32 Å². The van der Waals surface area contributed by atoms with Gasteiger partial charge in [-0.15, -0.1) is 0 Å². The number of hydrogen-bond acceptors (Lipinski definition) is 2. The second-order valence-electron chi connectivity index (χ2n) is 3.14. The molecular weight excluding hydrogens is 296 g/mol. The van der Waals surface area contributed by atoms with E-state index in [0.717, 1.165) is 0 Å². The highest BCUT2D eigenvalue weighted by Gasteiger charge is 2.48. The predicted molar refractivity (Wildman–Crippen MR) is 63.9 cm³/mol. The summed E-state index contributed by atoms with van der Waals surface area (Å²) in [6, 6.07) is 2.92. The van der Waals surface area contributed by atoms with E-state index in [1.165, 1.54) is 12.1 Å². The second-order valence-corrected chi connectivity index (χ2v) is 5.25. The van der Waals surface area contributed by atoms with Crippen molar-refractivity contribution in [3.63, 3.8) is 0 Å². The Hall–Kier alpha value is -0.480. The van der Waals surface area contributed by atoms with E-state index in [1.54, 1.807) is 0 Å². The number of fused-ring (bicyclic) bond motifs is 1. The third kappa shape index (κ3) is 1.59. The summed E-state index contributed by atoms with van der Waals surface area (Å²) in [4.78, 5) is 23.3. The third-order valence-corrected chi connectivity index (χ3v) is 3.63. The maximum absolute atomic E-state index is 11.9. The van der Waals surface area contributed by atoms with E-state index < -0.39 is 16.0 Å². The zero-order chi connectivity index (χ0) is 12.1. The van der Waals surface area contributed by atoms with E-state index in [1.807, 2.05) is 0 Å². The Labute approximate surface area is 111 Å². The minimum Gasteiger partial charge on any atom is -0.322 e. The molecule has 0 atom stereocenters. The van der Waals surface area contributed by atoms with Gasteiger partial charge >= 0.3 is 0 Å². The van der Waals surface area contributed by atoms with Crippen LogP contribution < -0.4 is 5.32 Å². The minimum absolute atomic E-state index is 0.0230. The molecule has 7 heteroatoms. The maximum Gasteiger partial charge on any atom is 0.269 e. The van der Waals surface area contributed by atoms with Gasteiger partial charge in [0.1, 0.15) is 0 Å². The van der Waals surface area contributed by atoms with E-state index in [4.69, 9.17) is 46.4 Å². The van der Waals surface area contributed by atoms with Crippen LogP contribution in [0.15, 0.2) is 12.1 Å². The first-order valence-corrected chi connectivity index (χ1v) is 5.59. The van der Waals surface area contributed by atoms with E-state index >= 15 is 0 Å². The molecule has 0 spiro atoms. The molecule has 2 rings (SSSR count). The van der Waals surface area contributed by atoms with Crippen molar-refractivity contribution in [3.8, 4) is 0 Å². The molecule has 1 amide bonds. The number of anilines is 1. The van der Waals surface area contributed by atoms with E-state index in [0.29, 0.717) is 0 Å². The smallest absolute Gasteiger partial charge is 0.269 e. The molecule has 16 heavy (non-hydrogen) atoms. The van der Waals surface area contributed by atoms with Crippen LogP contribution in [-0.2, 0) is 4.79 Å². The van der Waals surface area contributed by atoms with Crippen LogP contribution in [0.4, 0.5) is 5.69 Å². The summed E-state index contributed by atoms with van der Waals surface area (Å²) in [7, 11) is 0. The van der Waals surface area contributed by atoms with Gasteiger partial charge in [0.05, 0.1) is 21.3 Å². The number of carbonyl (C=O) groups excluding carboxylic acids is 2. The normalized spacial score (nSPS) is 18.0. The SMILES string of the molecule is O=C1Nc2ccc(Cl)c(Cl)c2C(=O)C1(Cl)Cl. The highest BCUT2D eigenvalue weighted by molar-refractivity contribution is 6.71. The number of halogens is 4. The Bertz CT molecular complexity index is 512. The number of ketones is 1. The zero-order valence-electron chi connectivity index (χ0n) is 7.48. The number of amides is 1. The highest BCUT2D eigenvalue weighted by atomic mass is 35.5. The Morgan fingerprint density at radius 2 is 1.75 bits per heavy atom. The fourth-order valence-electron chi connectivity index (χ4n) is 1.34. The predicted octanol–water partition coefficient (Wildman–Crippen LogP) is 3.30. The Morgan fingerprint density at radius 3 is 2.38 bits per heavy atom. The summed E-state index contributed by atoms with van der Waals surface area (Å²) in [6.07, 6.45) is 0. The lowest BCUT2D eigenvalue weighted by Crippen LogP contribution is -2.44. The van der Waals surface area contributed by atoms with Crippen molar-refractivity contribution >= 4 is 63.8 Å². The largest absolute Gasteiger partial charge is 0.322 e.